The van der Waals surface area contributed by atoms with Crippen molar-refractivity contribution in [1.82, 2.24) is 24.0 Å². The van der Waals surface area contributed by atoms with E-state index in [-0.39, 0.29) is 16.8 Å². The molecule has 0 radical (unpaired) electrons. The Bertz CT molecular complexity index is 927. The number of piperidine rings is 1. The van der Waals surface area contributed by atoms with Crippen molar-refractivity contribution < 1.29 is 13.2 Å². The van der Waals surface area contributed by atoms with Gasteiger partial charge in [0.1, 0.15) is 12.7 Å². The Morgan fingerprint density at radius 3 is 2.38 bits per heavy atom. The summed E-state index contributed by atoms with van der Waals surface area (Å²) in [6.45, 7) is 5.85. The predicted octanol–water partition coefficient (Wildman–Crippen LogP) is 2.19. The fourth-order valence-corrected chi connectivity index (χ4v) is 4.95. The zero-order valence-electron chi connectivity index (χ0n) is 16.8. The second-order valence-electron chi connectivity index (χ2n) is 6.92. The van der Waals surface area contributed by atoms with Crippen LogP contribution in [-0.4, -0.2) is 64.5 Å². The van der Waals surface area contributed by atoms with E-state index in [0.717, 1.165) is 18.4 Å². The van der Waals surface area contributed by atoms with Crippen LogP contribution in [0.15, 0.2) is 47.9 Å². The quantitative estimate of drug-likeness (QED) is 0.645. The van der Waals surface area contributed by atoms with Gasteiger partial charge in [-0.1, -0.05) is 26.0 Å². The average Bonchev–Trinajstić information content (AvgIpc) is 3.28. The van der Waals surface area contributed by atoms with E-state index in [1.54, 1.807) is 42.7 Å². The van der Waals surface area contributed by atoms with E-state index in [1.165, 1.54) is 10.6 Å². The smallest absolute Gasteiger partial charge is 0.246 e. The van der Waals surface area contributed by atoms with Crippen molar-refractivity contribution in [1.29, 1.82) is 0 Å². The van der Waals surface area contributed by atoms with Crippen molar-refractivity contribution in [3.05, 3.63) is 48.6 Å². The third kappa shape index (κ3) is 4.91. The number of hydrogen-bond donors (Lipinski definition) is 0. The normalized spacial score (nSPS) is 16.0. The highest BCUT2D eigenvalue weighted by Crippen LogP contribution is 2.21. The molecule has 1 aliphatic heterocycles. The number of sulfonamides is 1. The number of nitrogens with zero attached hydrogens (tertiary/aromatic N) is 5. The molecule has 1 aromatic carbocycles. The van der Waals surface area contributed by atoms with Gasteiger partial charge in [-0.15, -0.1) is 0 Å². The molecule has 0 unspecified atom stereocenters. The lowest BCUT2D eigenvalue weighted by Gasteiger charge is -2.31. The molecule has 1 aliphatic rings. The molecule has 29 heavy (non-hydrogen) atoms. The van der Waals surface area contributed by atoms with Gasteiger partial charge in [-0.05, 0) is 36.6 Å². The van der Waals surface area contributed by atoms with Crippen LogP contribution in [0.2, 0.25) is 0 Å². The summed E-state index contributed by atoms with van der Waals surface area (Å²) in [6, 6.07) is 6.89. The first kappa shape index (κ1) is 21.2. The Hall–Kier alpha value is -2.52. The first-order chi connectivity index (χ1) is 14.0. The van der Waals surface area contributed by atoms with Crippen molar-refractivity contribution in [2.45, 2.75) is 37.6 Å². The lowest BCUT2D eigenvalue weighted by atomic mass is 10.1. The van der Waals surface area contributed by atoms with Gasteiger partial charge in [0.25, 0.3) is 0 Å². The van der Waals surface area contributed by atoms with E-state index in [2.05, 4.69) is 10.1 Å². The number of aromatic nitrogens is 3. The molecule has 0 aliphatic carbocycles. The molecule has 8 nitrogen and oxygen atoms in total. The van der Waals surface area contributed by atoms with Crippen molar-refractivity contribution in [3.8, 4) is 0 Å². The zero-order chi connectivity index (χ0) is 20.9. The minimum Gasteiger partial charge on any atom is -0.339 e. The Balaban J connectivity index is 1.58. The first-order valence-corrected chi connectivity index (χ1v) is 11.3. The van der Waals surface area contributed by atoms with Crippen molar-refractivity contribution in [2.24, 2.45) is 0 Å². The van der Waals surface area contributed by atoms with Gasteiger partial charge < -0.3 is 4.90 Å². The predicted molar refractivity (Wildman–Crippen MR) is 110 cm³/mol. The Labute approximate surface area is 171 Å². The molecule has 3 rings (SSSR count). The lowest BCUT2D eigenvalue weighted by Crippen LogP contribution is -2.38. The number of carbonyl (C=O) groups excluding carboxylic acids is 1. The van der Waals surface area contributed by atoms with Crippen molar-refractivity contribution >= 4 is 22.0 Å². The fourth-order valence-electron chi connectivity index (χ4n) is 3.49. The van der Waals surface area contributed by atoms with Gasteiger partial charge in [-0.25, -0.2) is 18.1 Å². The highest BCUT2D eigenvalue weighted by molar-refractivity contribution is 7.89. The number of hydrogen-bond acceptors (Lipinski definition) is 5. The molecule has 0 N–H and O–H groups in total. The number of benzene rings is 1. The second-order valence-corrected chi connectivity index (χ2v) is 8.86. The summed E-state index contributed by atoms with van der Waals surface area (Å²) in [5, 5.41) is 4.17. The van der Waals surface area contributed by atoms with Crippen LogP contribution in [0.5, 0.6) is 0 Å². The number of rotatable bonds is 7. The minimum absolute atomic E-state index is 0.0399. The maximum Gasteiger partial charge on any atom is 0.246 e. The van der Waals surface area contributed by atoms with Gasteiger partial charge in [-0.2, -0.15) is 9.40 Å². The summed E-state index contributed by atoms with van der Waals surface area (Å²) in [5.74, 6) is -0.0399. The Morgan fingerprint density at radius 1 is 1.17 bits per heavy atom. The van der Waals surface area contributed by atoms with E-state index in [4.69, 9.17) is 0 Å². The third-order valence-corrected chi connectivity index (χ3v) is 7.29. The molecule has 156 valence electrons. The van der Waals surface area contributed by atoms with Crippen LogP contribution in [0.25, 0.3) is 6.08 Å². The molecule has 2 aromatic rings. The largest absolute Gasteiger partial charge is 0.339 e. The van der Waals surface area contributed by atoms with Gasteiger partial charge in [0.2, 0.25) is 15.9 Å². The molecule has 0 atom stereocenters. The van der Waals surface area contributed by atoms with Gasteiger partial charge >= 0.3 is 0 Å². The van der Waals surface area contributed by atoms with Crippen molar-refractivity contribution in [2.75, 3.05) is 26.2 Å². The molecule has 9 heteroatoms. The van der Waals surface area contributed by atoms with Crippen LogP contribution < -0.4 is 0 Å². The lowest BCUT2D eigenvalue weighted by molar-refractivity contribution is -0.127. The van der Waals surface area contributed by atoms with Gasteiger partial charge in [0, 0.05) is 32.3 Å². The maximum absolute atomic E-state index is 12.5. The van der Waals surface area contributed by atoms with E-state index in [9.17, 15) is 13.2 Å². The molecule has 0 saturated carbocycles. The van der Waals surface area contributed by atoms with Crippen LogP contribution in [0.1, 0.15) is 38.3 Å². The average molecular weight is 418 g/mol. The fraction of sp³-hybridized carbons (Fsp3) is 0.450. The summed E-state index contributed by atoms with van der Waals surface area (Å²) in [5.41, 5.74) is 0.786. The number of carbonyl (C=O) groups is 1. The van der Waals surface area contributed by atoms with Crippen LogP contribution in [0.4, 0.5) is 0 Å². The maximum atomic E-state index is 12.5. The van der Waals surface area contributed by atoms with E-state index >= 15 is 0 Å². The molecule has 1 aromatic heterocycles. The number of amides is 1. The van der Waals surface area contributed by atoms with Crippen molar-refractivity contribution in [3.63, 3.8) is 0 Å². The Kier molecular flexibility index (Phi) is 6.81. The van der Waals surface area contributed by atoms with E-state index in [1.807, 2.05) is 23.4 Å². The first-order valence-electron chi connectivity index (χ1n) is 9.87. The summed E-state index contributed by atoms with van der Waals surface area (Å²) >= 11 is 0. The highest BCUT2D eigenvalue weighted by atomic mass is 32.2. The zero-order valence-corrected chi connectivity index (χ0v) is 17.6. The summed E-state index contributed by atoms with van der Waals surface area (Å²) in [6.07, 6.45) is 8.20. The molecule has 0 bridgehead atoms. The topological polar surface area (TPSA) is 88.4 Å². The molecule has 1 amide bonds. The molecule has 0 spiro atoms. The highest BCUT2D eigenvalue weighted by Gasteiger charge is 2.23. The molecule has 1 fully saturated rings. The molecule has 2 heterocycles. The van der Waals surface area contributed by atoms with Crippen LogP contribution in [0.3, 0.4) is 0 Å². The van der Waals surface area contributed by atoms with Gasteiger partial charge in [0.15, 0.2) is 0 Å². The molecular formula is C20H27N5O3S. The minimum atomic E-state index is -3.47. The Morgan fingerprint density at radius 2 is 1.83 bits per heavy atom. The number of likely N-dealkylation sites (tertiary alicyclic amines) is 1. The van der Waals surface area contributed by atoms with E-state index in [0.29, 0.717) is 26.2 Å². The molecular weight excluding hydrogens is 390 g/mol. The van der Waals surface area contributed by atoms with Crippen LogP contribution in [-0.2, 0) is 14.8 Å². The second kappa shape index (κ2) is 9.32. The SMILES string of the molecule is CCN(CC)S(=O)(=O)c1ccc(/C=C/C(=O)N2CCC(n3cncn3)CC2)cc1. The standard InChI is InChI=1S/C20H27N5O3S/c1-3-24(4-2)29(27,28)19-8-5-17(6-9-19)7-10-20(26)23-13-11-18(12-14-23)25-16-21-15-22-25/h5-10,15-16,18H,3-4,11-14H2,1-2H3/b10-7+. The van der Waals surface area contributed by atoms with Gasteiger partial charge in [-0.3, -0.25) is 4.79 Å². The monoisotopic (exact) mass is 417 g/mol. The van der Waals surface area contributed by atoms with Crippen LogP contribution >= 0.6 is 0 Å². The van der Waals surface area contributed by atoms with Gasteiger partial charge in [0.05, 0.1) is 10.9 Å². The van der Waals surface area contributed by atoms with E-state index < -0.39 is 10.0 Å². The summed E-state index contributed by atoms with van der Waals surface area (Å²) < 4.78 is 28.3. The van der Waals surface area contributed by atoms with Crippen LogP contribution in [0, 0.1) is 0 Å². The summed E-state index contributed by atoms with van der Waals surface area (Å²) in [7, 11) is -3.47. The molecule has 1 saturated heterocycles. The third-order valence-electron chi connectivity index (χ3n) is 5.23. The summed E-state index contributed by atoms with van der Waals surface area (Å²) in [4.78, 5) is 18.5.